The minimum absolute atomic E-state index is 0.122. The van der Waals surface area contributed by atoms with E-state index < -0.39 is 5.82 Å². The van der Waals surface area contributed by atoms with Crippen LogP contribution in [0.4, 0.5) is 4.39 Å². The molecule has 110 valence electrons. The maximum absolute atomic E-state index is 14.4. The lowest BCUT2D eigenvalue weighted by Crippen LogP contribution is -2.05. The predicted octanol–water partition coefficient (Wildman–Crippen LogP) is 2.69. The molecule has 1 heterocycles. The number of rotatable bonds is 2. The molecule has 3 rings (SSSR count). The number of nitrogens with zero attached hydrogens (tertiary/aromatic N) is 1. The number of aliphatic hydroxyl groups is 1. The Morgan fingerprint density at radius 1 is 1.18 bits per heavy atom. The molecular formula is C18H14FNO2. The third-order valence-electron chi connectivity index (χ3n) is 3.37. The summed E-state index contributed by atoms with van der Waals surface area (Å²) in [5.74, 6) is 4.84. The van der Waals surface area contributed by atoms with Gasteiger partial charge in [0.05, 0.1) is 11.1 Å². The second-order valence-electron chi connectivity index (χ2n) is 4.80. The number of benzene rings is 2. The van der Waals surface area contributed by atoms with Gasteiger partial charge in [0.2, 0.25) is 5.90 Å². The fourth-order valence-corrected chi connectivity index (χ4v) is 2.30. The largest absolute Gasteiger partial charge is 0.475 e. The summed E-state index contributed by atoms with van der Waals surface area (Å²) in [7, 11) is 0. The Bertz CT molecular complexity index is 760. The van der Waals surface area contributed by atoms with Crippen molar-refractivity contribution in [1.29, 1.82) is 0 Å². The predicted molar refractivity (Wildman–Crippen MR) is 82.0 cm³/mol. The number of hydrogen-bond donors (Lipinski definition) is 1. The monoisotopic (exact) mass is 295 g/mol. The minimum Gasteiger partial charge on any atom is -0.475 e. The Morgan fingerprint density at radius 3 is 2.77 bits per heavy atom. The standard InChI is InChI=1S/C18H14FNO2/c19-17-14(9-5-11-21)8-4-10-15(17)18-20-16(12-22-18)13-6-2-1-3-7-13/h1-4,6-8,10,16,21H,11-12H2. The van der Waals surface area contributed by atoms with E-state index in [9.17, 15) is 4.39 Å². The van der Waals surface area contributed by atoms with E-state index in [2.05, 4.69) is 16.8 Å². The zero-order valence-electron chi connectivity index (χ0n) is 11.8. The molecule has 0 bridgehead atoms. The van der Waals surface area contributed by atoms with Crippen molar-refractivity contribution in [3.63, 3.8) is 0 Å². The van der Waals surface area contributed by atoms with Gasteiger partial charge < -0.3 is 9.84 Å². The molecule has 2 aromatic carbocycles. The first-order valence-electron chi connectivity index (χ1n) is 6.93. The van der Waals surface area contributed by atoms with E-state index in [1.165, 1.54) is 0 Å². The topological polar surface area (TPSA) is 41.8 Å². The summed E-state index contributed by atoms with van der Waals surface area (Å²) in [6.45, 7) is 0.0858. The lowest BCUT2D eigenvalue weighted by molar-refractivity contribution is 0.318. The molecule has 0 saturated carbocycles. The molecule has 2 aromatic rings. The number of hydrogen-bond acceptors (Lipinski definition) is 3. The summed E-state index contributed by atoms with van der Waals surface area (Å²) in [6.07, 6.45) is 0. The van der Waals surface area contributed by atoms with E-state index in [-0.39, 0.29) is 18.2 Å². The van der Waals surface area contributed by atoms with Gasteiger partial charge in [0.25, 0.3) is 0 Å². The minimum atomic E-state index is -0.476. The molecule has 0 aromatic heterocycles. The molecule has 0 amide bonds. The van der Waals surface area contributed by atoms with Crippen LogP contribution in [0.15, 0.2) is 53.5 Å². The van der Waals surface area contributed by atoms with Crippen LogP contribution in [-0.2, 0) is 4.74 Å². The quantitative estimate of drug-likeness (QED) is 0.866. The SMILES string of the molecule is OCC#Cc1cccc(C2=NC(c3ccccc3)CO2)c1F. The molecule has 0 saturated heterocycles. The summed E-state index contributed by atoms with van der Waals surface area (Å²) in [5, 5.41) is 8.72. The molecule has 0 radical (unpaired) electrons. The van der Waals surface area contributed by atoms with Crippen molar-refractivity contribution < 1.29 is 14.2 Å². The number of ether oxygens (including phenoxy) is 1. The van der Waals surface area contributed by atoms with E-state index in [0.29, 0.717) is 18.1 Å². The van der Waals surface area contributed by atoms with Crippen molar-refractivity contribution >= 4 is 5.90 Å². The third-order valence-corrected chi connectivity index (χ3v) is 3.37. The van der Waals surface area contributed by atoms with E-state index in [1.54, 1.807) is 18.2 Å². The number of aliphatic imine (C=N–C) groups is 1. The van der Waals surface area contributed by atoms with Crippen molar-refractivity contribution in [2.45, 2.75) is 6.04 Å². The highest BCUT2D eigenvalue weighted by molar-refractivity contribution is 5.95. The Morgan fingerprint density at radius 2 is 2.00 bits per heavy atom. The first kappa shape index (κ1) is 14.3. The number of aliphatic hydroxyl groups excluding tert-OH is 1. The third kappa shape index (κ3) is 2.85. The molecule has 3 nitrogen and oxygen atoms in total. The average molecular weight is 295 g/mol. The van der Waals surface area contributed by atoms with Gasteiger partial charge in [-0.3, -0.25) is 0 Å². The van der Waals surface area contributed by atoms with Gasteiger partial charge in [-0.25, -0.2) is 9.38 Å². The molecule has 1 aliphatic heterocycles. The van der Waals surface area contributed by atoms with Crippen LogP contribution in [0.1, 0.15) is 22.7 Å². The van der Waals surface area contributed by atoms with Crippen molar-refractivity contribution in [3.8, 4) is 11.8 Å². The molecule has 1 unspecified atom stereocenters. The van der Waals surface area contributed by atoms with Gasteiger partial charge in [0, 0.05) is 0 Å². The molecule has 1 N–H and O–H groups in total. The van der Waals surface area contributed by atoms with Gasteiger partial charge in [-0.2, -0.15) is 0 Å². The van der Waals surface area contributed by atoms with Gasteiger partial charge in [-0.05, 0) is 17.7 Å². The molecule has 0 aliphatic carbocycles. The normalized spacial score (nSPS) is 16.5. The molecule has 22 heavy (non-hydrogen) atoms. The summed E-state index contributed by atoms with van der Waals surface area (Å²) in [6, 6.07) is 14.5. The Hall–Kier alpha value is -2.64. The fourth-order valence-electron chi connectivity index (χ4n) is 2.30. The number of halogens is 1. The van der Waals surface area contributed by atoms with Crippen LogP contribution >= 0.6 is 0 Å². The van der Waals surface area contributed by atoms with Crippen molar-refractivity contribution in [3.05, 3.63) is 71.0 Å². The second kappa shape index (κ2) is 6.42. The molecule has 4 heteroatoms. The van der Waals surface area contributed by atoms with Crippen molar-refractivity contribution in [1.82, 2.24) is 0 Å². The molecule has 0 spiro atoms. The van der Waals surface area contributed by atoms with E-state index in [1.807, 2.05) is 30.3 Å². The van der Waals surface area contributed by atoms with Gasteiger partial charge >= 0.3 is 0 Å². The van der Waals surface area contributed by atoms with E-state index in [0.717, 1.165) is 5.56 Å². The molecule has 1 aliphatic rings. The van der Waals surface area contributed by atoms with E-state index in [4.69, 9.17) is 9.84 Å². The lowest BCUT2D eigenvalue weighted by atomic mass is 10.1. The summed E-state index contributed by atoms with van der Waals surface area (Å²) < 4.78 is 20.0. The molecule has 1 atom stereocenters. The van der Waals surface area contributed by atoms with Crippen LogP contribution in [-0.4, -0.2) is 24.2 Å². The fraction of sp³-hybridized carbons (Fsp3) is 0.167. The van der Waals surface area contributed by atoms with Crippen molar-refractivity contribution in [2.75, 3.05) is 13.2 Å². The zero-order chi connectivity index (χ0) is 15.4. The van der Waals surface area contributed by atoms with Crippen LogP contribution < -0.4 is 0 Å². The summed E-state index contributed by atoms with van der Waals surface area (Å²) in [5.41, 5.74) is 1.55. The smallest absolute Gasteiger partial charge is 0.219 e. The van der Waals surface area contributed by atoms with Crippen LogP contribution in [0, 0.1) is 17.7 Å². The van der Waals surface area contributed by atoms with Gasteiger partial charge in [-0.15, -0.1) is 0 Å². The maximum Gasteiger partial charge on any atom is 0.219 e. The van der Waals surface area contributed by atoms with Gasteiger partial charge in [0.1, 0.15) is 19.3 Å². The van der Waals surface area contributed by atoms with Crippen LogP contribution in [0.5, 0.6) is 0 Å². The highest BCUT2D eigenvalue weighted by atomic mass is 19.1. The highest BCUT2D eigenvalue weighted by Crippen LogP contribution is 2.26. The lowest BCUT2D eigenvalue weighted by Gasteiger charge is -2.04. The maximum atomic E-state index is 14.4. The molecule has 0 fully saturated rings. The molecular weight excluding hydrogens is 281 g/mol. The Balaban J connectivity index is 1.92. The Kier molecular flexibility index (Phi) is 4.17. The van der Waals surface area contributed by atoms with E-state index >= 15 is 0 Å². The first-order valence-corrected chi connectivity index (χ1v) is 6.93. The highest BCUT2D eigenvalue weighted by Gasteiger charge is 2.24. The average Bonchev–Trinajstić information content (AvgIpc) is 3.04. The summed E-state index contributed by atoms with van der Waals surface area (Å²) in [4.78, 5) is 4.47. The van der Waals surface area contributed by atoms with Crippen molar-refractivity contribution in [2.24, 2.45) is 4.99 Å². The van der Waals surface area contributed by atoms with Crippen LogP contribution in [0.25, 0.3) is 0 Å². The second-order valence-corrected chi connectivity index (χ2v) is 4.80. The zero-order valence-corrected chi connectivity index (χ0v) is 11.8. The Labute approximate surface area is 128 Å². The van der Waals surface area contributed by atoms with Crippen LogP contribution in [0.3, 0.4) is 0 Å². The summed E-state index contributed by atoms with van der Waals surface area (Å²) >= 11 is 0. The van der Waals surface area contributed by atoms with Gasteiger partial charge in [-0.1, -0.05) is 48.2 Å². The first-order chi connectivity index (χ1) is 10.8. The van der Waals surface area contributed by atoms with Gasteiger partial charge in [0.15, 0.2) is 5.82 Å². The van der Waals surface area contributed by atoms with Crippen LogP contribution in [0.2, 0.25) is 0 Å².